The number of benzene rings is 1. The number of aryl methyl sites for hydroxylation is 3. The number of hydrogen-bond donors (Lipinski definition) is 1. The molecule has 28 heavy (non-hydrogen) atoms. The molecule has 1 saturated heterocycles. The third-order valence-electron chi connectivity index (χ3n) is 5.62. The summed E-state index contributed by atoms with van der Waals surface area (Å²) in [5.74, 6) is 0.122. The smallest absolute Gasteiger partial charge is 0.224 e. The van der Waals surface area contributed by atoms with Crippen LogP contribution in [-0.4, -0.2) is 49.9 Å². The van der Waals surface area contributed by atoms with Crippen LogP contribution in [0.25, 0.3) is 10.9 Å². The summed E-state index contributed by atoms with van der Waals surface area (Å²) in [7, 11) is 0. The summed E-state index contributed by atoms with van der Waals surface area (Å²) in [6.45, 7) is 5.52. The van der Waals surface area contributed by atoms with Crippen molar-refractivity contribution >= 4 is 16.8 Å². The normalized spacial score (nSPS) is 19.5. The van der Waals surface area contributed by atoms with Gasteiger partial charge in [0.1, 0.15) is 0 Å². The van der Waals surface area contributed by atoms with Gasteiger partial charge in [-0.05, 0) is 44.0 Å². The van der Waals surface area contributed by atoms with Gasteiger partial charge in [0.25, 0.3) is 0 Å². The second-order valence-corrected chi connectivity index (χ2v) is 7.72. The average Bonchev–Trinajstić information content (AvgIpc) is 3.21. The molecule has 6 heteroatoms. The van der Waals surface area contributed by atoms with E-state index < -0.39 is 6.10 Å². The second-order valence-electron chi connectivity index (χ2n) is 7.72. The number of pyridine rings is 1. The standard InChI is InChI=1S/C22H26N4O2/c1-15-11-16(2)26(24-15)10-8-22(28)25-13-18(21(27)14-25)12-17-7-9-23-20-6-4-3-5-19(17)20/h3-7,9,11,18,21,27H,8,10,12-14H2,1-2H3/t18-,21-/m1/s1. The molecule has 1 amide bonds. The fourth-order valence-corrected chi connectivity index (χ4v) is 4.13. The minimum atomic E-state index is -0.496. The van der Waals surface area contributed by atoms with Crippen LogP contribution in [0.1, 0.15) is 23.4 Å². The van der Waals surface area contributed by atoms with Crippen molar-refractivity contribution in [2.45, 2.75) is 39.3 Å². The lowest BCUT2D eigenvalue weighted by molar-refractivity contribution is -0.130. The number of hydrogen-bond acceptors (Lipinski definition) is 4. The zero-order valence-corrected chi connectivity index (χ0v) is 16.4. The lowest BCUT2D eigenvalue weighted by Gasteiger charge is -2.17. The molecule has 1 aromatic carbocycles. The van der Waals surface area contributed by atoms with Gasteiger partial charge in [0.15, 0.2) is 0 Å². The molecule has 0 spiro atoms. The highest BCUT2D eigenvalue weighted by atomic mass is 16.3. The van der Waals surface area contributed by atoms with Crippen molar-refractivity contribution < 1.29 is 9.90 Å². The minimum absolute atomic E-state index is 0.0449. The van der Waals surface area contributed by atoms with Crippen LogP contribution in [0, 0.1) is 19.8 Å². The minimum Gasteiger partial charge on any atom is -0.391 e. The molecule has 146 valence electrons. The van der Waals surface area contributed by atoms with Crippen LogP contribution in [0.3, 0.4) is 0 Å². The van der Waals surface area contributed by atoms with Crippen molar-refractivity contribution in [1.29, 1.82) is 0 Å². The predicted molar refractivity (Wildman–Crippen MR) is 108 cm³/mol. The van der Waals surface area contributed by atoms with Crippen molar-refractivity contribution in [3.63, 3.8) is 0 Å². The van der Waals surface area contributed by atoms with Crippen LogP contribution < -0.4 is 0 Å². The number of amides is 1. The third-order valence-corrected chi connectivity index (χ3v) is 5.62. The number of para-hydroxylation sites is 1. The lowest BCUT2D eigenvalue weighted by atomic mass is 9.94. The maximum atomic E-state index is 12.7. The van der Waals surface area contributed by atoms with Gasteiger partial charge in [-0.25, -0.2) is 0 Å². The summed E-state index contributed by atoms with van der Waals surface area (Å²) in [5.41, 5.74) is 4.16. The highest BCUT2D eigenvalue weighted by Gasteiger charge is 2.34. The summed E-state index contributed by atoms with van der Waals surface area (Å²) in [4.78, 5) is 18.9. The number of fused-ring (bicyclic) bond motifs is 1. The Hall–Kier alpha value is -2.73. The number of carbonyl (C=O) groups excluding carboxylic acids is 1. The third kappa shape index (κ3) is 3.78. The van der Waals surface area contributed by atoms with Crippen molar-refractivity contribution in [2.75, 3.05) is 13.1 Å². The van der Waals surface area contributed by atoms with Crippen LogP contribution in [0.2, 0.25) is 0 Å². The molecule has 1 aliphatic heterocycles. The Kier molecular flexibility index (Phi) is 5.13. The van der Waals surface area contributed by atoms with E-state index in [9.17, 15) is 9.90 Å². The molecule has 3 aromatic rings. The Morgan fingerprint density at radius 3 is 2.82 bits per heavy atom. The molecule has 0 unspecified atom stereocenters. The molecule has 0 radical (unpaired) electrons. The number of rotatable bonds is 5. The van der Waals surface area contributed by atoms with E-state index in [2.05, 4.69) is 16.1 Å². The van der Waals surface area contributed by atoms with Gasteiger partial charge in [0.05, 0.1) is 17.3 Å². The molecule has 2 atom stereocenters. The largest absolute Gasteiger partial charge is 0.391 e. The molecule has 0 bridgehead atoms. The summed E-state index contributed by atoms with van der Waals surface area (Å²) in [6, 6.07) is 12.1. The van der Waals surface area contributed by atoms with E-state index in [1.165, 1.54) is 5.56 Å². The van der Waals surface area contributed by atoms with Gasteiger partial charge < -0.3 is 10.0 Å². The molecule has 1 fully saturated rings. The monoisotopic (exact) mass is 378 g/mol. The van der Waals surface area contributed by atoms with Crippen LogP contribution >= 0.6 is 0 Å². The SMILES string of the molecule is Cc1cc(C)n(CCC(=O)N2C[C@@H](Cc3ccnc4ccccc34)[C@H](O)C2)n1. The van der Waals surface area contributed by atoms with Crippen LogP contribution in [-0.2, 0) is 17.8 Å². The second kappa shape index (κ2) is 7.72. The van der Waals surface area contributed by atoms with Gasteiger partial charge in [-0.3, -0.25) is 14.5 Å². The van der Waals surface area contributed by atoms with Crippen LogP contribution in [0.4, 0.5) is 0 Å². The molecule has 0 saturated carbocycles. The van der Waals surface area contributed by atoms with Crippen molar-refractivity contribution in [3.8, 4) is 0 Å². The number of aromatic nitrogens is 3. The number of aliphatic hydroxyl groups excluding tert-OH is 1. The van der Waals surface area contributed by atoms with Gasteiger partial charge in [-0.1, -0.05) is 18.2 Å². The number of aliphatic hydroxyl groups is 1. The van der Waals surface area contributed by atoms with E-state index in [0.717, 1.165) is 28.7 Å². The summed E-state index contributed by atoms with van der Waals surface area (Å²) in [5, 5.41) is 16.1. The average molecular weight is 378 g/mol. The molecule has 0 aliphatic carbocycles. The molecule has 6 nitrogen and oxygen atoms in total. The molecule has 4 rings (SSSR count). The van der Waals surface area contributed by atoms with Gasteiger partial charge in [0, 0.05) is 49.2 Å². The highest BCUT2D eigenvalue weighted by Crippen LogP contribution is 2.25. The fraction of sp³-hybridized carbons (Fsp3) is 0.409. The first-order valence-corrected chi connectivity index (χ1v) is 9.81. The number of β-amino-alcohol motifs (C(OH)–C–C–N with tert-alkyl or cyclic N) is 1. The van der Waals surface area contributed by atoms with E-state index in [1.807, 2.05) is 55.1 Å². The van der Waals surface area contributed by atoms with E-state index >= 15 is 0 Å². The summed E-state index contributed by atoms with van der Waals surface area (Å²) >= 11 is 0. The zero-order chi connectivity index (χ0) is 19.7. The first-order chi connectivity index (χ1) is 13.5. The van der Waals surface area contributed by atoms with Gasteiger partial charge in [-0.2, -0.15) is 5.10 Å². The topological polar surface area (TPSA) is 71.2 Å². The number of carbonyl (C=O) groups is 1. The Morgan fingerprint density at radius 2 is 2.04 bits per heavy atom. The molecular formula is C22H26N4O2. The van der Waals surface area contributed by atoms with Gasteiger partial charge in [0.2, 0.25) is 5.91 Å². The van der Waals surface area contributed by atoms with Crippen LogP contribution in [0.5, 0.6) is 0 Å². The maximum absolute atomic E-state index is 12.7. The molecule has 2 aromatic heterocycles. The van der Waals surface area contributed by atoms with E-state index in [0.29, 0.717) is 26.1 Å². The molecule has 1 aliphatic rings. The van der Waals surface area contributed by atoms with Gasteiger partial charge >= 0.3 is 0 Å². The Balaban J connectivity index is 1.40. The summed E-state index contributed by atoms with van der Waals surface area (Å²) in [6.07, 6.45) is 2.46. The van der Waals surface area contributed by atoms with E-state index in [-0.39, 0.29) is 11.8 Å². The molecular weight excluding hydrogens is 352 g/mol. The van der Waals surface area contributed by atoms with Crippen molar-refractivity contribution in [1.82, 2.24) is 19.7 Å². The summed E-state index contributed by atoms with van der Waals surface area (Å²) < 4.78 is 1.88. The van der Waals surface area contributed by atoms with Gasteiger partial charge in [-0.15, -0.1) is 0 Å². The fourth-order valence-electron chi connectivity index (χ4n) is 4.13. The van der Waals surface area contributed by atoms with E-state index in [1.54, 1.807) is 4.90 Å². The molecule has 1 N–H and O–H groups in total. The Labute approximate surface area is 164 Å². The lowest BCUT2D eigenvalue weighted by Crippen LogP contribution is -2.30. The Morgan fingerprint density at radius 1 is 1.21 bits per heavy atom. The van der Waals surface area contributed by atoms with E-state index in [4.69, 9.17) is 0 Å². The van der Waals surface area contributed by atoms with Crippen molar-refractivity contribution in [3.05, 3.63) is 59.5 Å². The number of likely N-dealkylation sites (tertiary alicyclic amines) is 1. The Bertz CT molecular complexity index is 992. The zero-order valence-electron chi connectivity index (χ0n) is 16.4. The number of nitrogens with zero attached hydrogens (tertiary/aromatic N) is 4. The quantitative estimate of drug-likeness (QED) is 0.740. The van der Waals surface area contributed by atoms with Crippen molar-refractivity contribution in [2.24, 2.45) is 5.92 Å². The first-order valence-electron chi connectivity index (χ1n) is 9.81. The highest BCUT2D eigenvalue weighted by molar-refractivity contribution is 5.82. The van der Waals surface area contributed by atoms with Crippen LogP contribution in [0.15, 0.2) is 42.6 Å². The first kappa shape index (κ1) is 18.6. The maximum Gasteiger partial charge on any atom is 0.224 e. The predicted octanol–water partition coefficient (Wildman–Crippen LogP) is 2.50. The molecule has 3 heterocycles.